The maximum Gasteiger partial charge on any atom is 0.408 e. The van der Waals surface area contributed by atoms with Crippen LogP contribution in [0.1, 0.15) is 121 Å². The molecule has 8 unspecified atom stereocenters. The van der Waals surface area contributed by atoms with Crippen LogP contribution in [-0.2, 0) is 42.8 Å². The highest BCUT2D eigenvalue weighted by Gasteiger charge is 2.51. The van der Waals surface area contributed by atoms with Gasteiger partial charge in [-0.15, -0.1) is 0 Å². The molecule has 4 rings (SSSR count). The fraction of sp³-hybridized carbons (Fsp3) is 0.900. The van der Waals surface area contributed by atoms with Crippen molar-refractivity contribution in [2.75, 3.05) is 41.5 Å². The second kappa shape index (κ2) is 24.3. The number of ketones is 1. The first-order chi connectivity index (χ1) is 25.1. The Morgan fingerprint density at radius 2 is 1.44 bits per heavy atom. The van der Waals surface area contributed by atoms with Gasteiger partial charge in [0.1, 0.15) is 12.4 Å². The van der Waals surface area contributed by atoms with Crippen molar-refractivity contribution in [2.45, 2.75) is 168 Å². The lowest BCUT2D eigenvalue weighted by Gasteiger charge is -2.36. The summed E-state index contributed by atoms with van der Waals surface area (Å²) in [5.41, 5.74) is 2.68. The van der Waals surface area contributed by atoms with E-state index in [0.717, 1.165) is 38.7 Å². The van der Waals surface area contributed by atoms with Gasteiger partial charge in [0.15, 0.2) is 11.9 Å². The molecule has 4 N–H and O–H groups in total. The Morgan fingerprint density at radius 3 is 1.93 bits per heavy atom. The Hall–Kier alpha value is -2.36. The Labute approximate surface area is 326 Å². The highest BCUT2D eigenvalue weighted by molar-refractivity contribution is 5.85. The molecule has 12 atom stereocenters. The maximum absolute atomic E-state index is 13.1. The van der Waals surface area contributed by atoms with Crippen LogP contribution >= 0.6 is 0 Å². The van der Waals surface area contributed by atoms with E-state index in [4.69, 9.17) is 33.2 Å². The number of nitrogens with one attached hydrogen (secondary N) is 1. The minimum absolute atomic E-state index is 0.0368. The summed E-state index contributed by atoms with van der Waals surface area (Å²) in [6, 6.07) is -0.0949. The summed E-state index contributed by atoms with van der Waals surface area (Å²) in [7, 11) is 7.51. The molecule has 0 saturated carbocycles. The smallest absolute Gasteiger partial charge is 0.408 e. The van der Waals surface area contributed by atoms with Crippen molar-refractivity contribution in [3.8, 4) is 0 Å². The molecule has 14 nitrogen and oxygen atoms in total. The molecule has 2 amide bonds. The average Bonchev–Trinajstić information content (AvgIpc) is 3.40. The molecule has 0 aromatic heterocycles. The number of esters is 1. The average molecular weight is 776 g/mol. The van der Waals surface area contributed by atoms with E-state index in [1.54, 1.807) is 28.1 Å². The van der Waals surface area contributed by atoms with Crippen molar-refractivity contribution in [2.24, 2.45) is 29.4 Å². The minimum atomic E-state index is -1.08. The van der Waals surface area contributed by atoms with Gasteiger partial charge in [-0.25, -0.2) is 4.79 Å². The molecule has 0 aromatic carbocycles. The monoisotopic (exact) mass is 776 g/mol. The number of amides is 2. The topological polar surface area (TPSA) is 185 Å². The Kier molecular flexibility index (Phi) is 23.3. The summed E-state index contributed by atoms with van der Waals surface area (Å²) in [5, 5.41) is 12.0. The summed E-state index contributed by atoms with van der Waals surface area (Å²) < 4.78 is 32.7. The highest BCUT2D eigenvalue weighted by Crippen LogP contribution is 2.35. The molecule has 0 bridgehead atoms. The zero-order valence-electron chi connectivity index (χ0n) is 36.2. The summed E-state index contributed by atoms with van der Waals surface area (Å²) >= 11 is 0. The van der Waals surface area contributed by atoms with Crippen LogP contribution in [-0.4, -0.2) is 123 Å². The van der Waals surface area contributed by atoms with Crippen LogP contribution in [0.4, 0.5) is 4.79 Å². The van der Waals surface area contributed by atoms with Crippen molar-refractivity contribution < 1.29 is 52.7 Å². The number of hydrogen-bond donors (Lipinski definition) is 3. The number of hydrogen-bond acceptors (Lipinski definition) is 12. The predicted octanol–water partition coefficient (Wildman–Crippen LogP) is 5.25. The summed E-state index contributed by atoms with van der Waals surface area (Å²) in [6.45, 7) is 22.4. The second-order valence-corrected chi connectivity index (χ2v) is 16.2. The van der Waals surface area contributed by atoms with Crippen LogP contribution in [0.5, 0.6) is 0 Å². The maximum atomic E-state index is 13.1. The van der Waals surface area contributed by atoms with Crippen molar-refractivity contribution in [3.05, 3.63) is 0 Å². The van der Waals surface area contributed by atoms with Gasteiger partial charge < -0.3 is 49.5 Å². The fourth-order valence-corrected chi connectivity index (χ4v) is 7.79. The number of carbonyl (C=O) groups excluding carboxylic acids is 4. The summed E-state index contributed by atoms with van der Waals surface area (Å²) in [6.07, 6.45) is 5.41. The lowest BCUT2D eigenvalue weighted by atomic mass is 9.76. The molecule has 4 saturated heterocycles. The van der Waals surface area contributed by atoms with Gasteiger partial charge in [0.25, 0.3) is 0 Å². The normalized spacial score (nSPS) is 38.6. The quantitative estimate of drug-likeness (QED) is 0.250. The molecule has 54 heavy (non-hydrogen) atoms. The first kappa shape index (κ1) is 51.6. The van der Waals surface area contributed by atoms with Crippen LogP contribution in [0.15, 0.2) is 0 Å². The minimum Gasteiger partial charge on any atom is -0.461 e. The zero-order chi connectivity index (χ0) is 42.0. The van der Waals surface area contributed by atoms with E-state index in [1.807, 2.05) is 55.6 Å². The second-order valence-electron chi connectivity index (χ2n) is 16.2. The van der Waals surface area contributed by atoms with E-state index < -0.39 is 35.5 Å². The number of rotatable bonds is 3. The number of fused-ring (bicyclic) bond motifs is 1. The molecular formula is C40H77N3O11. The molecular weight excluding hydrogens is 698 g/mol. The van der Waals surface area contributed by atoms with Crippen LogP contribution in [0.2, 0.25) is 0 Å². The van der Waals surface area contributed by atoms with Gasteiger partial charge in [0.2, 0.25) is 6.41 Å². The fourth-order valence-electron chi connectivity index (χ4n) is 7.79. The lowest BCUT2D eigenvalue weighted by molar-refractivity contribution is -0.172. The van der Waals surface area contributed by atoms with E-state index in [0.29, 0.717) is 25.0 Å². The number of methoxy groups -OCH3 is 2. The number of aliphatic hydroxyl groups is 1. The molecule has 4 aliphatic rings. The number of Topliss-reactive ketones (excluding diaryl/α,β-unsaturated/α-hetero) is 1. The van der Waals surface area contributed by atoms with Crippen molar-refractivity contribution in [1.82, 2.24) is 10.2 Å². The van der Waals surface area contributed by atoms with Gasteiger partial charge in [-0.2, -0.15) is 0 Å². The number of aliphatic hydroxyl groups excluding tert-OH is 1. The van der Waals surface area contributed by atoms with Crippen LogP contribution in [0.3, 0.4) is 0 Å². The third-order valence-electron chi connectivity index (χ3n) is 10.8. The number of carbonyl (C=O) groups is 4. The molecule has 0 spiro atoms. The lowest BCUT2D eigenvalue weighted by Crippen LogP contribution is -2.52. The third-order valence-corrected chi connectivity index (χ3v) is 10.8. The highest BCUT2D eigenvalue weighted by atomic mass is 16.6. The van der Waals surface area contributed by atoms with Crippen molar-refractivity contribution >= 4 is 24.3 Å². The van der Waals surface area contributed by atoms with Gasteiger partial charge in [-0.1, -0.05) is 41.5 Å². The largest absolute Gasteiger partial charge is 0.461 e. The van der Waals surface area contributed by atoms with Crippen molar-refractivity contribution in [1.29, 1.82) is 0 Å². The number of cyclic esters (lactones) is 1. The molecule has 318 valence electrons. The zero-order valence-corrected chi connectivity index (χ0v) is 36.2. The Morgan fingerprint density at radius 1 is 0.870 bits per heavy atom. The molecule has 4 fully saturated rings. The number of ether oxygens (including phenoxy) is 6. The van der Waals surface area contributed by atoms with Crippen molar-refractivity contribution in [3.63, 3.8) is 0 Å². The number of nitrogens with zero attached hydrogens (tertiary/aromatic N) is 1. The molecule has 4 aliphatic heterocycles. The number of primary amides is 1. The van der Waals surface area contributed by atoms with Gasteiger partial charge in [0, 0.05) is 51.5 Å². The first-order valence-electron chi connectivity index (χ1n) is 19.6. The molecule has 0 radical (unpaired) electrons. The first-order valence-corrected chi connectivity index (χ1v) is 19.6. The molecule has 0 aromatic rings. The SMILES string of the molecule is CC.CC1CC(N(C)C)CC(O)O1.COC1(C)CCOC(C)C1.CO[C@@]1(C)C[C@@H](C)CC(C)C(=O)OC[C@@]2(C)OC(=O)NC2C(C)C(=O)[C@H](C)C1.NC=O. The van der Waals surface area contributed by atoms with Gasteiger partial charge in [-0.05, 0) is 86.7 Å². The van der Waals surface area contributed by atoms with E-state index in [2.05, 4.69) is 36.7 Å². The van der Waals surface area contributed by atoms with E-state index in [9.17, 15) is 19.5 Å². The van der Waals surface area contributed by atoms with Gasteiger partial charge in [0.05, 0.1) is 35.4 Å². The van der Waals surface area contributed by atoms with E-state index >= 15 is 0 Å². The van der Waals surface area contributed by atoms with Crippen LogP contribution in [0.25, 0.3) is 0 Å². The Balaban J connectivity index is 0.000000878. The summed E-state index contributed by atoms with van der Waals surface area (Å²) in [5.74, 6) is -1.05. The van der Waals surface area contributed by atoms with Gasteiger partial charge in [-0.3, -0.25) is 14.4 Å². The van der Waals surface area contributed by atoms with Crippen LogP contribution < -0.4 is 11.1 Å². The third kappa shape index (κ3) is 17.2. The molecule has 14 heteroatoms. The standard InChI is InChI=1S/C21H35NO6.C8H17NO2.C8H16O2.C2H6.CH3NO/c1-12-8-13(2)18(24)27-11-21(6)17(22-19(25)28-21)15(4)16(23)14(3)10-20(5,9-12)26-7;1-6-4-7(9(2)3)5-8(10)11-6;1-7-6-8(2,9-3)4-5-10-7;1-2;2-1-3/h12-15,17H,8-11H2,1-7H3,(H,22,25);6-8,10H,4-5H2,1-3H3;7H,4-6H2,1-3H3;1-2H3;1H,(H2,2,3)/t12-,13?,14+,15?,17?,20-,21+;;;;/m0..../s1. The summed E-state index contributed by atoms with van der Waals surface area (Å²) in [4.78, 5) is 48.3. The predicted molar refractivity (Wildman–Crippen MR) is 209 cm³/mol. The molecule has 4 heterocycles. The molecule has 0 aliphatic carbocycles. The van der Waals surface area contributed by atoms with Crippen LogP contribution in [0, 0.1) is 23.7 Å². The number of alkyl carbamates (subject to hydrolysis) is 1. The Bertz CT molecular complexity index is 1120. The van der Waals surface area contributed by atoms with E-state index in [1.165, 1.54) is 0 Å². The van der Waals surface area contributed by atoms with Gasteiger partial charge >= 0.3 is 12.1 Å². The van der Waals surface area contributed by atoms with E-state index in [-0.39, 0.29) is 54.2 Å². The number of nitrogens with two attached hydrogens (primary N) is 1.